The van der Waals surface area contributed by atoms with E-state index in [-0.39, 0.29) is 23.6 Å². The van der Waals surface area contributed by atoms with E-state index in [2.05, 4.69) is 5.32 Å². The molecule has 1 saturated heterocycles. The Bertz CT molecular complexity index is 817. The molecule has 0 spiro atoms. The first-order valence-electron chi connectivity index (χ1n) is 10.7. The first-order chi connectivity index (χ1) is 14.7. The molecule has 1 aromatic carbocycles. The summed E-state index contributed by atoms with van der Waals surface area (Å²) in [5, 5.41) is 2.90. The number of ether oxygens (including phenoxy) is 3. The van der Waals surface area contributed by atoms with Gasteiger partial charge in [-0.25, -0.2) is 13.2 Å². The van der Waals surface area contributed by atoms with Crippen LogP contribution in [0.5, 0.6) is 17.2 Å². The van der Waals surface area contributed by atoms with Gasteiger partial charge in [0.1, 0.15) is 0 Å². The summed E-state index contributed by atoms with van der Waals surface area (Å²) in [4.78, 5) is 16.7. The van der Waals surface area contributed by atoms with E-state index in [1.165, 1.54) is 0 Å². The number of benzene rings is 1. The molecule has 1 aliphatic rings. The molecule has 1 fully saturated rings. The molecule has 1 atom stereocenters. The lowest BCUT2D eigenvalue weighted by Crippen LogP contribution is -2.46. The zero-order valence-corrected chi connectivity index (χ0v) is 20.0. The van der Waals surface area contributed by atoms with Gasteiger partial charge in [0.05, 0.1) is 37.0 Å². The van der Waals surface area contributed by atoms with Gasteiger partial charge in [-0.2, -0.15) is 0 Å². The lowest BCUT2D eigenvalue weighted by atomic mass is 10.2. The topological polar surface area (TPSA) is 97.4 Å². The molecule has 1 aromatic rings. The monoisotopic (exact) mass is 457 g/mol. The molecule has 9 nitrogen and oxygen atoms in total. The number of amides is 2. The third-order valence-corrected chi connectivity index (χ3v) is 6.61. The van der Waals surface area contributed by atoms with Crippen LogP contribution in [0.25, 0.3) is 0 Å². The molecule has 0 radical (unpaired) electrons. The van der Waals surface area contributed by atoms with Gasteiger partial charge < -0.3 is 29.3 Å². The molecule has 1 N–H and O–H groups in total. The largest absolute Gasteiger partial charge is 0.490 e. The summed E-state index contributed by atoms with van der Waals surface area (Å²) in [6.45, 7) is 7.96. The predicted octanol–water partition coefficient (Wildman–Crippen LogP) is 2.47. The molecular weight excluding hydrogens is 422 g/mol. The third kappa shape index (κ3) is 7.17. The van der Waals surface area contributed by atoms with Crippen molar-refractivity contribution in [1.29, 1.82) is 0 Å². The van der Waals surface area contributed by atoms with Crippen LogP contribution in [-0.4, -0.2) is 88.8 Å². The molecule has 1 aliphatic heterocycles. The molecule has 10 heteroatoms. The van der Waals surface area contributed by atoms with Crippen molar-refractivity contribution in [2.45, 2.75) is 33.2 Å². The van der Waals surface area contributed by atoms with Gasteiger partial charge in [0.25, 0.3) is 0 Å². The minimum atomic E-state index is -3.12. The fraction of sp³-hybridized carbons (Fsp3) is 0.667. The van der Waals surface area contributed by atoms with Crippen molar-refractivity contribution in [2.75, 3.05) is 63.8 Å². The van der Waals surface area contributed by atoms with Crippen LogP contribution in [0.2, 0.25) is 0 Å². The van der Waals surface area contributed by atoms with Gasteiger partial charge in [-0.15, -0.1) is 0 Å². The number of hydrogen-bond donors (Lipinski definition) is 1. The van der Waals surface area contributed by atoms with Gasteiger partial charge in [0.15, 0.2) is 21.3 Å². The summed E-state index contributed by atoms with van der Waals surface area (Å²) in [5.41, 5.74) is 0.496. The molecule has 0 aromatic heterocycles. The van der Waals surface area contributed by atoms with Crippen LogP contribution in [0, 0.1) is 0 Å². The van der Waals surface area contributed by atoms with Gasteiger partial charge in [0.2, 0.25) is 5.75 Å². The van der Waals surface area contributed by atoms with E-state index in [9.17, 15) is 13.2 Å². The zero-order valence-electron chi connectivity index (χ0n) is 19.1. The molecule has 1 heterocycles. The van der Waals surface area contributed by atoms with Gasteiger partial charge >= 0.3 is 6.03 Å². The number of sulfone groups is 1. The molecule has 2 rings (SSSR count). The summed E-state index contributed by atoms with van der Waals surface area (Å²) in [6.07, 6.45) is 0.445. The smallest absolute Gasteiger partial charge is 0.322 e. The van der Waals surface area contributed by atoms with Crippen LogP contribution in [0.3, 0.4) is 0 Å². The van der Waals surface area contributed by atoms with Gasteiger partial charge in [-0.1, -0.05) is 0 Å². The van der Waals surface area contributed by atoms with Crippen molar-refractivity contribution in [1.82, 2.24) is 9.80 Å². The van der Waals surface area contributed by atoms with E-state index in [1.54, 1.807) is 17.0 Å². The Hall–Kier alpha value is -2.20. The summed E-state index contributed by atoms with van der Waals surface area (Å²) in [7, 11) is 0.709. The highest BCUT2D eigenvalue weighted by Gasteiger charge is 2.34. The van der Waals surface area contributed by atoms with Crippen molar-refractivity contribution in [3.05, 3.63) is 12.1 Å². The second-order valence-corrected chi connectivity index (χ2v) is 9.81. The number of nitrogens with zero attached hydrogens (tertiary/aromatic N) is 2. The maximum Gasteiger partial charge on any atom is 0.322 e. The minimum Gasteiger partial charge on any atom is -0.490 e. The standard InChI is InChI=1S/C21H35N3O6S/c1-6-28-18-13-16(14-19(29-7-2)20(18)30-8-3)22-21(25)24(11-10-23(4)5)17-9-12-31(26,27)15-17/h13-14,17H,6-12,15H2,1-5H3,(H,22,25). The number of urea groups is 1. The molecule has 2 amide bonds. The predicted molar refractivity (Wildman–Crippen MR) is 121 cm³/mol. The lowest BCUT2D eigenvalue weighted by molar-refractivity contribution is 0.186. The van der Waals surface area contributed by atoms with Crippen molar-refractivity contribution in [3.8, 4) is 17.2 Å². The Morgan fingerprint density at radius 2 is 1.61 bits per heavy atom. The van der Waals surface area contributed by atoms with Crippen molar-refractivity contribution < 1.29 is 27.4 Å². The first kappa shape index (κ1) is 25.1. The van der Waals surface area contributed by atoms with Gasteiger partial charge in [0, 0.05) is 31.3 Å². The SMILES string of the molecule is CCOc1cc(NC(=O)N(CCN(C)C)C2CCS(=O)(=O)C2)cc(OCC)c1OCC. The van der Waals surface area contributed by atoms with Crippen LogP contribution >= 0.6 is 0 Å². The Morgan fingerprint density at radius 3 is 2.06 bits per heavy atom. The van der Waals surface area contributed by atoms with E-state index in [1.807, 2.05) is 39.8 Å². The highest BCUT2D eigenvalue weighted by atomic mass is 32.2. The average Bonchev–Trinajstić information content (AvgIpc) is 3.04. The number of rotatable bonds is 11. The quantitative estimate of drug-likeness (QED) is 0.545. The van der Waals surface area contributed by atoms with E-state index >= 15 is 0 Å². The van der Waals surface area contributed by atoms with Crippen molar-refractivity contribution >= 4 is 21.6 Å². The normalized spacial score (nSPS) is 17.4. The number of carbonyl (C=O) groups is 1. The molecule has 1 unspecified atom stereocenters. The first-order valence-corrected chi connectivity index (χ1v) is 12.5. The fourth-order valence-electron chi connectivity index (χ4n) is 3.44. The van der Waals surface area contributed by atoms with Crippen LogP contribution in [0.1, 0.15) is 27.2 Å². The zero-order chi connectivity index (χ0) is 23.0. The third-order valence-electron chi connectivity index (χ3n) is 4.86. The van der Waals surface area contributed by atoms with Gasteiger partial charge in [-0.3, -0.25) is 0 Å². The average molecular weight is 458 g/mol. The maximum atomic E-state index is 13.2. The Balaban J connectivity index is 2.30. The van der Waals surface area contributed by atoms with Crippen LogP contribution in [-0.2, 0) is 9.84 Å². The summed E-state index contributed by atoms with van der Waals surface area (Å²) in [6, 6.07) is 2.71. The van der Waals surface area contributed by atoms with E-state index < -0.39 is 9.84 Å². The van der Waals surface area contributed by atoms with E-state index in [0.717, 1.165) is 0 Å². The van der Waals surface area contributed by atoms with Crippen LogP contribution in [0.15, 0.2) is 12.1 Å². The fourth-order valence-corrected chi connectivity index (χ4v) is 5.17. The maximum absolute atomic E-state index is 13.2. The molecule has 0 saturated carbocycles. The molecular formula is C21H35N3O6S. The van der Waals surface area contributed by atoms with Crippen LogP contribution in [0.4, 0.5) is 10.5 Å². The lowest BCUT2D eigenvalue weighted by Gasteiger charge is -2.29. The number of hydrogen-bond acceptors (Lipinski definition) is 7. The van der Waals surface area contributed by atoms with E-state index in [0.29, 0.717) is 62.3 Å². The Kier molecular flexibility index (Phi) is 9.24. The highest BCUT2D eigenvalue weighted by Crippen LogP contribution is 2.41. The second-order valence-electron chi connectivity index (χ2n) is 7.58. The summed E-state index contributed by atoms with van der Waals surface area (Å²) < 4.78 is 41.1. The highest BCUT2D eigenvalue weighted by molar-refractivity contribution is 7.91. The van der Waals surface area contributed by atoms with Crippen LogP contribution < -0.4 is 19.5 Å². The second kappa shape index (κ2) is 11.4. The molecule has 0 bridgehead atoms. The minimum absolute atomic E-state index is 0.00841. The Morgan fingerprint density at radius 1 is 1.03 bits per heavy atom. The number of anilines is 1. The van der Waals surface area contributed by atoms with E-state index in [4.69, 9.17) is 14.2 Å². The summed E-state index contributed by atoms with van der Waals surface area (Å²) >= 11 is 0. The van der Waals surface area contributed by atoms with Gasteiger partial charge in [-0.05, 0) is 41.3 Å². The Labute approximate surface area is 185 Å². The molecule has 0 aliphatic carbocycles. The number of carbonyl (C=O) groups excluding carboxylic acids is 1. The number of nitrogens with one attached hydrogen (secondary N) is 1. The van der Waals surface area contributed by atoms with Crippen molar-refractivity contribution in [2.24, 2.45) is 0 Å². The van der Waals surface area contributed by atoms with Crippen molar-refractivity contribution in [3.63, 3.8) is 0 Å². The number of likely N-dealkylation sites (N-methyl/N-ethyl adjacent to an activating group) is 1. The molecule has 31 heavy (non-hydrogen) atoms. The summed E-state index contributed by atoms with van der Waals surface area (Å²) in [5.74, 6) is 1.55. The molecule has 176 valence electrons.